The first-order valence-corrected chi connectivity index (χ1v) is 26.9. The molecule has 0 fully saturated rings. The fraction of sp³-hybridized carbons (Fsp3) is 0.944. The average molecular weight is 849 g/mol. The first-order valence-electron chi connectivity index (χ1n) is 26.9. The molecule has 6 nitrogen and oxygen atoms in total. The van der Waals surface area contributed by atoms with Crippen LogP contribution in [-0.4, -0.2) is 37.2 Å². The number of ether oxygens (including phenoxy) is 3. The van der Waals surface area contributed by atoms with E-state index in [0.29, 0.717) is 19.3 Å². The molecule has 0 amide bonds. The number of hydrogen-bond acceptors (Lipinski definition) is 6. The first kappa shape index (κ1) is 58.4. The van der Waals surface area contributed by atoms with Gasteiger partial charge in [0.05, 0.1) is 0 Å². The van der Waals surface area contributed by atoms with Crippen molar-refractivity contribution in [1.29, 1.82) is 0 Å². The molecule has 0 spiro atoms. The summed E-state index contributed by atoms with van der Waals surface area (Å²) in [7, 11) is 0. The molecule has 0 aliphatic carbocycles. The van der Waals surface area contributed by atoms with Crippen LogP contribution in [0.2, 0.25) is 0 Å². The van der Waals surface area contributed by atoms with Crippen LogP contribution in [0.5, 0.6) is 0 Å². The van der Waals surface area contributed by atoms with Crippen LogP contribution in [-0.2, 0) is 28.6 Å². The SMILES string of the molecule is CCCCCCCCCCCCCCCCCCCCCC(=O)O[C@@H](COC(=O)CCCCCCCCCCCCCCC)COC(=O)CCCCCCCCC(C)CC. The molecule has 0 saturated carbocycles. The summed E-state index contributed by atoms with van der Waals surface area (Å²) in [5.74, 6) is -0.0314. The van der Waals surface area contributed by atoms with E-state index in [1.165, 1.54) is 199 Å². The topological polar surface area (TPSA) is 78.9 Å². The fourth-order valence-corrected chi connectivity index (χ4v) is 8.19. The predicted octanol–water partition coefficient (Wildman–Crippen LogP) is 17.5. The highest BCUT2D eigenvalue weighted by molar-refractivity contribution is 5.71. The van der Waals surface area contributed by atoms with Crippen LogP contribution in [0.25, 0.3) is 0 Å². The van der Waals surface area contributed by atoms with Gasteiger partial charge < -0.3 is 14.2 Å². The van der Waals surface area contributed by atoms with Gasteiger partial charge in [-0.05, 0) is 25.2 Å². The standard InChI is InChI=1S/C54H104O6/c1-5-8-10-12-14-16-18-20-21-22-23-24-25-27-29-31-33-39-43-47-54(57)60-51(49-59-53(56)46-42-38-35-34-36-40-44-50(4)7-3)48-58-52(55)45-41-37-32-30-28-26-19-17-15-13-11-9-6-2/h50-51H,5-49H2,1-4H3/t50?,51-/m0/s1. The normalized spacial score (nSPS) is 12.4. The highest BCUT2D eigenvalue weighted by atomic mass is 16.6. The second-order valence-corrected chi connectivity index (χ2v) is 18.8. The Morgan fingerprint density at radius 2 is 0.583 bits per heavy atom. The molecule has 1 unspecified atom stereocenters. The van der Waals surface area contributed by atoms with Gasteiger partial charge in [-0.3, -0.25) is 14.4 Å². The zero-order valence-electron chi connectivity index (χ0n) is 40.9. The maximum atomic E-state index is 12.8. The van der Waals surface area contributed by atoms with Crippen molar-refractivity contribution in [3.8, 4) is 0 Å². The minimum absolute atomic E-state index is 0.0634. The van der Waals surface area contributed by atoms with Crippen LogP contribution >= 0.6 is 0 Å². The van der Waals surface area contributed by atoms with Gasteiger partial charge in [0.25, 0.3) is 0 Å². The molecule has 0 heterocycles. The monoisotopic (exact) mass is 849 g/mol. The number of carbonyl (C=O) groups is 3. The first-order chi connectivity index (χ1) is 29.4. The number of unbranched alkanes of at least 4 members (excludes halogenated alkanes) is 35. The van der Waals surface area contributed by atoms with Crippen molar-refractivity contribution in [2.75, 3.05) is 13.2 Å². The molecule has 60 heavy (non-hydrogen) atoms. The third-order valence-corrected chi connectivity index (χ3v) is 12.7. The van der Waals surface area contributed by atoms with E-state index in [1.807, 2.05) is 0 Å². The highest BCUT2D eigenvalue weighted by Crippen LogP contribution is 2.18. The lowest BCUT2D eigenvalue weighted by Gasteiger charge is -2.18. The van der Waals surface area contributed by atoms with Gasteiger partial charge in [0.1, 0.15) is 13.2 Å². The summed E-state index contributed by atoms with van der Waals surface area (Å²) in [5, 5.41) is 0. The minimum Gasteiger partial charge on any atom is -0.462 e. The van der Waals surface area contributed by atoms with Crippen molar-refractivity contribution >= 4 is 17.9 Å². The number of carbonyl (C=O) groups excluding carboxylic acids is 3. The predicted molar refractivity (Wildman–Crippen MR) is 257 cm³/mol. The molecule has 0 aromatic heterocycles. The fourth-order valence-electron chi connectivity index (χ4n) is 8.19. The van der Waals surface area contributed by atoms with Gasteiger partial charge in [0.2, 0.25) is 0 Å². The van der Waals surface area contributed by atoms with Gasteiger partial charge in [0, 0.05) is 19.3 Å². The molecule has 356 valence electrons. The van der Waals surface area contributed by atoms with Gasteiger partial charge in [-0.2, -0.15) is 0 Å². The van der Waals surface area contributed by atoms with Crippen LogP contribution in [0.3, 0.4) is 0 Å². The van der Waals surface area contributed by atoms with E-state index in [0.717, 1.165) is 63.7 Å². The van der Waals surface area contributed by atoms with E-state index < -0.39 is 6.10 Å². The number of esters is 3. The minimum atomic E-state index is -0.761. The summed E-state index contributed by atoms with van der Waals surface area (Å²) < 4.78 is 16.8. The second-order valence-electron chi connectivity index (χ2n) is 18.8. The van der Waals surface area contributed by atoms with Crippen molar-refractivity contribution in [1.82, 2.24) is 0 Å². The highest BCUT2D eigenvalue weighted by Gasteiger charge is 2.19. The summed E-state index contributed by atoms with van der Waals surface area (Å²) in [6.07, 6.45) is 50.9. The van der Waals surface area contributed by atoms with Gasteiger partial charge in [-0.15, -0.1) is 0 Å². The lowest BCUT2D eigenvalue weighted by atomic mass is 10.00. The molecule has 0 aromatic carbocycles. The van der Waals surface area contributed by atoms with Crippen LogP contribution in [0.4, 0.5) is 0 Å². The Morgan fingerprint density at radius 3 is 0.867 bits per heavy atom. The molecule has 0 N–H and O–H groups in total. The van der Waals surface area contributed by atoms with Crippen molar-refractivity contribution in [2.24, 2.45) is 5.92 Å². The molecule has 2 atom stereocenters. The zero-order chi connectivity index (χ0) is 43.8. The molecule has 0 aliphatic heterocycles. The number of hydrogen-bond donors (Lipinski definition) is 0. The Morgan fingerprint density at radius 1 is 0.333 bits per heavy atom. The molecule has 0 bridgehead atoms. The Labute approximate surface area is 374 Å². The molecular weight excluding hydrogens is 745 g/mol. The molecule has 0 saturated heterocycles. The van der Waals surface area contributed by atoms with E-state index in [9.17, 15) is 14.4 Å². The largest absolute Gasteiger partial charge is 0.462 e. The van der Waals surface area contributed by atoms with E-state index in [1.54, 1.807) is 0 Å². The molecular formula is C54H104O6. The van der Waals surface area contributed by atoms with Crippen LogP contribution < -0.4 is 0 Å². The number of rotatable bonds is 49. The molecule has 6 heteroatoms. The van der Waals surface area contributed by atoms with Crippen molar-refractivity contribution < 1.29 is 28.6 Å². The average Bonchev–Trinajstić information content (AvgIpc) is 3.25. The zero-order valence-corrected chi connectivity index (χ0v) is 40.9. The van der Waals surface area contributed by atoms with Gasteiger partial charge in [-0.1, -0.05) is 265 Å². The quantitative estimate of drug-likeness (QED) is 0.0345. The smallest absolute Gasteiger partial charge is 0.306 e. The third-order valence-electron chi connectivity index (χ3n) is 12.7. The van der Waals surface area contributed by atoms with Crippen molar-refractivity contribution in [3.05, 3.63) is 0 Å². The summed E-state index contributed by atoms with van der Waals surface area (Å²) in [4.78, 5) is 37.9. The summed E-state index contributed by atoms with van der Waals surface area (Å²) >= 11 is 0. The Kier molecular flexibility index (Phi) is 47.2. The van der Waals surface area contributed by atoms with Gasteiger partial charge in [0.15, 0.2) is 6.10 Å². The Hall–Kier alpha value is -1.59. The van der Waals surface area contributed by atoms with E-state index in [2.05, 4.69) is 27.7 Å². The third kappa shape index (κ3) is 45.9. The summed E-state index contributed by atoms with van der Waals surface area (Å²) in [6.45, 7) is 9.01. The van der Waals surface area contributed by atoms with E-state index in [4.69, 9.17) is 14.2 Å². The van der Waals surface area contributed by atoms with Gasteiger partial charge >= 0.3 is 17.9 Å². The Balaban J connectivity index is 4.25. The van der Waals surface area contributed by atoms with Crippen molar-refractivity contribution in [2.45, 2.75) is 310 Å². The lowest BCUT2D eigenvalue weighted by molar-refractivity contribution is -0.167. The summed E-state index contributed by atoms with van der Waals surface area (Å²) in [6, 6.07) is 0. The van der Waals surface area contributed by atoms with E-state index >= 15 is 0 Å². The van der Waals surface area contributed by atoms with Crippen LogP contribution in [0.1, 0.15) is 304 Å². The van der Waals surface area contributed by atoms with Crippen LogP contribution in [0.15, 0.2) is 0 Å². The van der Waals surface area contributed by atoms with Crippen molar-refractivity contribution in [3.63, 3.8) is 0 Å². The lowest BCUT2D eigenvalue weighted by Crippen LogP contribution is -2.30. The Bertz CT molecular complexity index is 905. The van der Waals surface area contributed by atoms with Crippen LogP contribution in [0, 0.1) is 5.92 Å². The molecule has 0 rings (SSSR count). The maximum absolute atomic E-state index is 12.8. The maximum Gasteiger partial charge on any atom is 0.306 e. The molecule has 0 aliphatic rings. The van der Waals surface area contributed by atoms with E-state index in [-0.39, 0.29) is 31.1 Å². The second kappa shape index (κ2) is 48.4. The van der Waals surface area contributed by atoms with Gasteiger partial charge in [-0.25, -0.2) is 0 Å². The molecule has 0 radical (unpaired) electrons. The summed E-state index contributed by atoms with van der Waals surface area (Å²) in [5.41, 5.74) is 0. The molecule has 0 aromatic rings.